The van der Waals surface area contributed by atoms with Crippen molar-refractivity contribution in [2.45, 2.75) is 56.8 Å². The van der Waals surface area contributed by atoms with Gasteiger partial charge in [0, 0.05) is 10.8 Å². The number of amides is 1. The zero-order valence-electron chi connectivity index (χ0n) is 17.9. The molecule has 34 heavy (non-hydrogen) atoms. The van der Waals surface area contributed by atoms with Gasteiger partial charge >= 0.3 is 6.18 Å². The Balaban J connectivity index is 1.41. The number of fused-ring (bicyclic) bond motifs is 1. The summed E-state index contributed by atoms with van der Waals surface area (Å²) >= 11 is 5.92. The molecule has 0 aliphatic heterocycles. The molecule has 4 nitrogen and oxygen atoms in total. The first kappa shape index (κ1) is 23.5. The standard InChI is InChI=1S/C23H22ClF6N3O/c24-17-5-4-14-15(31-17)2-1-3-16(14)32-33-19(34)20-7-12-6-13(8-20)10-21(9-12,11-20)22(26,27)18(25)23(28,29)30/h1-5,12-13,18,32H,6-11H2,(H,33,34). The van der Waals surface area contributed by atoms with Crippen molar-refractivity contribution in [2.75, 3.05) is 5.43 Å². The average Bonchev–Trinajstić information content (AvgIpc) is 2.75. The van der Waals surface area contributed by atoms with Crippen molar-refractivity contribution in [1.82, 2.24) is 10.4 Å². The number of pyridine rings is 1. The number of hydrogen-bond donors (Lipinski definition) is 2. The summed E-state index contributed by atoms with van der Waals surface area (Å²) in [7, 11) is 0. The quantitative estimate of drug-likeness (QED) is 0.279. The van der Waals surface area contributed by atoms with Crippen LogP contribution in [0.3, 0.4) is 0 Å². The van der Waals surface area contributed by atoms with Crippen molar-refractivity contribution in [3.05, 3.63) is 35.5 Å². The second-order valence-corrected chi connectivity index (χ2v) is 10.5. The number of carbonyl (C=O) groups is 1. The van der Waals surface area contributed by atoms with Crippen LogP contribution >= 0.6 is 11.6 Å². The molecule has 0 saturated heterocycles. The number of hydrazine groups is 1. The third-order valence-corrected chi connectivity index (χ3v) is 8.07. The van der Waals surface area contributed by atoms with Crippen LogP contribution in [0.5, 0.6) is 0 Å². The molecule has 4 aliphatic rings. The predicted octanol–water partition coefficient (Wildman–Crippen LogP) is 6.45. The molecular formula is C23H22ClF6N3O. The molecule has 0 radical (unpaired) electrons. The number of alkyl halides is 6. The fraction of sp³-hybridized carbons (Fsp3) is 0.565. The van der Waals surface area contributed by atoms with E-state index in [0.29, 0.717) is 41.0 Å². The summed E-state index contributed by atoms with van der Waals surface area (Å²) in [4.78, 5) is 17.5. The molecule has 1 amide bonds. The molecule has 4 saturated carbocycles. The van der Waals surface area contributed by atoms with Crippen molar-refractivity contribution in [3.8, 4) is 0 Å². The van der Waals surface area contributed by atoms with Gasteiger partial charge in [0.25, 0.3) is 12.1 Å². The second-order valence-electron chi connectivity index (χ2n) is 10.1. The van der Waals surface area contributed by atoms with Crippen LogP contribution in [0.25, 0.3) is 10.9 Å². The Morgan fingerprint density at radius 2 is 1.74 bits per heavy atom. The minimum Gasteiger partial charge on any atom is -0.298 e. The van der Waals surface area contributed by atoms with E-state index in [4.69, 9.17) is 11.6 Å². The Kier molecular flexibility index (Phi) is 5.28. The van der Waals surface area contributed by atoms with Crippen molar-refractivity contribution in [2.24, 2.45) is 22.7 Å². The fourth-order valence-electron chi connectivity index (χ4n) is 6.89. The number of halogens is 7. The summed E-state index contributed by atoms with van der Waals surface area (Å²) in [6, 6.07) is 8.39. The summed E-state index contributed by atoms with van der Waals surface area (Å²) in [5, 5.41) is 0.949. The van der Waals surface area contributed by atoms with Crippen LogP contribution in [0.1, 0.15) is 38.5 Å². The first-order valence-electron chi connectivity index (χ1n) is 11.1. The van der Waals surface area contributed by atoms with E-state index in [1.165, 1.54) is 0 Å². The lowest BCUT2D eigenvalue weighted by Crippen LogP contribution is -2.65. The van der Waals surface area contributed by atoms with Gasteiger partial charge in [-0.05, 0) is 74.6 Å². The molecule has 4 fully saturated rings. The number of anilines is 1. The van der Waals surface area contributed by atoms with Gasteiger partial charge in [-0.15, -0.1) is 0 Å². The van der Waals surface area contributed by atoms with Crippen LogP contribution < -0.4 is 10.9 Å². The van der Waals surface area contributed by atoms with Gasteiger partial charge in [-0.25, -0.2) is 18.2 Å². The number of nitrogens with zero attached hydrogens (tertiary/aromatic N) is 1. The monoisotopic (exact) mass is 505 g/mol. The average molecular weight is 506 g/mol. The van der Waals surface area contributed by atoms with E-state index < -0.39 is 41.4 Å². The summed E-state index contributed by atoms with van der Waals surface area (Å²) in [6.07, 6.45) is -9.65. The van der Waals surface area contributed by atoms with Crippen LogP contribution in [0, 0.1) is 22.7 Å². The molecule has 1 aromatic heterocycles. The number of carbonyl (C=O) groups excluding carboxylic acids is 1. The van der Waals surface area contributed by atoms with Gasteiger partial charge in [-0.2, -0.15) is 13.2 Å². The first-order chi connectivity index (χ1) is 15.9. The number of benzene rings is 1. The molecule has 11 heteroatoms. The van der Waals surface area contributed by atoms with Crippen molar-refractivity contribution in [1.29, 1.82) is 0 Å². The van der Waals surface area contributed by atoms with E-state index in [1.807, 2.05) is 0 Å². The molecule has 3 unspecified atom stereocenters. The fourth-order valence-corrected chi connectivity index (χ4v) is 7.04. The third-order valence-electron chi connectivity index (χ3n) is 7.86. The number of nitrogens with one attached hydrogen (secondary N) is 2. The van der Waals surface area contributed by atoms with E-state index >= 15 is 8.78 Å². The second kappa shape index (κ2) is 7.63. The lowest BCUT2D eigenvalue weighted by molar-refractivity contribution is -0.305. The first-order valence-corrected chi connectivity index (χ1v) is 11.4. The van der Waals surface area contributed by atoms with Crippen LogP contribution in [-0.2, 0) is 4.79 Å². The molecule has 2 aromatic rings. The highest BCUT2D eigenvalue weighted by molar-refractivity contribution is 6.29. The summed E-state index contributed by atoms with van der Waals surface area (Å²) in [5.41, 5.74) is 2.99. The van der Waals surface area contributed by atoms with Gasteiger partial charge in [0.2, 0.25) is 5.91 Å². The van der Waals surface area contributed by atoms with E-state index in [1.54, 1.807) is 30.3 Å². The molecule has 4 aliphatic carbocycles. The molecule has 0 spiro atoms. The Hall–Kier alpha value is -2.23. The van der Waals surface area contributed by atoms with E-state index in [2.05, 4.69) is 15.8 Å². The Morgan fingerprint density at radius 1 is 1.06 bits per heavy atom. The summed E-state index contributed by atoms with van der Waals surface area (Å²) in [6.45, 7) is 0. The SMILES string of the molecule is O=C(NNc1cccc2nc(Cl)ccc12)C12CC3CC(C1)CC(C(F)(F)C(F)C(F)(F)F)(C3)C2. The predicted molar refractivity (Wildman–Crippen MR) is 114 cm³/mol. The Bertz CT molecular complexity index is 1130. The molecule has 3 atom stereocenters. The third kappa shape index (κ3) is 3.60. The van der Waals surface area contributed by atoms with Crippen LogP contribution in [0.15, 0.2) is 30.3 Å². The maximum atomic E-state index is 15.1. The molecule has 4 bridgehead atoms. The number of hydrogen-bond acceptors (Lipinski definition) is 3. The van der Waals surface area contributed by atoms with E-state index in [9.17, 15) is 22.4 Å². The Labute approximate surface area is 196 Å². The van der Waals surface area contributed by atoms with Crippen LogP contribution in [-0.4, -0.2) is 29.2 Å². The molecular weight excluding hydrogens is 484 g/mol. The zero-order chi connectivity index (χ0) is 24.5. The minimum absolute atomic E-state index is 0.203. The van der Waals surface area contributed by atoms with Gasteiger partial charge in [0.1, 0.15) is 5.15 Å². The highest BCUT2D eigenvalue weighted by Gasteiger charge is 2.73. The molecule has 184 valence electrons. The lowest BCUT2D eigenvalue weighted by Gasteiger charge is -2.63. The minimum atomic E-state index is -5.67. The van der Waals surface area contributed by atoms with Crippen molar-refractivity contribution < 1.29 is 31.1 Å². The highest BCUT2D eigenvalue weighted by Crippen LogP contribution is 2.70. The molecule has 1 aromatic carbocycles. The van der Waals surface area contributed by atoms with Crippen LogP contribution in [0.4, 0.5) is 32.0 Å². The van der Waals surface area contributed by atoms with Gasteiger partial charge in [-0.3, -0.25) is 15.6 Å². The van der Waals surface area contributed by atoms with Gasteiger partial charge in [0.05, 0.1) is 16.6 Å². The number of rotatable bonds is 5. The maximum absolute atomic E-state index is 15.1. The largest absolute Gasteiger partial charge is 0.425 e. The topological polar surface area (TPSA) is 54.0 Å². The van der Waals surface area contributed by atoms with Crippen molar-refractivity contribution >= 4 is 34.1 Å². The van der Waals surface area contributed by atoms with Gasteiger partial charge in [-0.1, -0.05) is 17.7 Å². The van der Waals surface area contributed by atoms with Gasteiger partial charge in [0.15, 0.2) is 0 Å². The molecule has 6 rings (SSSR count). The maximum Gasteiger partial charge on any atom is 0.425 e. The number of aromatic nitrogens is 1. The Morgan fingerprint density at radius 3 is 2.38 bits per heavy atom. The molecule has 1 heterocycles. The normalized spacial score (nSPS) is 31.5. The van der Waals surface area contributed by atoms with Crippen molar-refractivity contribution in [3.63, 3.8) is 0 Å². The lowest BCUT2D eigenvalue weighted by atomic mass is 9.42. The molecule has 2 N–H and O–H groups in total. The van der Waals surface area contributed by atoms with Crippen LogP contribution in [0.2, 0.25) is 5.15 Å². The van der Waals surface area contributed by atoms with E-state index in [-0.39, 0.29) is 24.7 Å². The summed E-state index contributed by atoms with van der Waals surface area (Å²) in [5.74, 6) is -5.87. The highest BCUT2D eigenvalue weighted by atomic mass is 35.5. The van der Waals surface area contributed by atoms with Gasteiger partial charge < -0.3 is 0 Å². The smallest absolute Gasteiger partial charge is 0.298 e. The van der Waals surface area contributed by atoms with E-state index in [0.717, 1.165) is 0 Å². The summed E-state index contributed by atoms with van der Waals surface area (Å²) < 4.78 is 83.2. The zero-order valence-corrected chi connectivity index (χ0v) is 18.6.